The van der Waals surface area contributed by atoms with Crippen LogP contribution in [0.1, 0.15) is 0 Å². The van der Waals surface area contributed by atoms with Crippen LogP contribution in [0.25, 0.3) is 11.3 Å². The lowest BCUT2D eigenvalue weighted by Crippen LogP contribution is -1.91. The van der Waals surface area contributed by atoms with E-state index in [1.807, 2.05) is 0 Å². The van der Waals surface area contributed by atoms with E-state index < -0.39 is 0 Å². The molecule has 0 bridgehead atoms. The Morgan fingerprint density at radius 1 is 1.23 bits per heavy atom. The van der Waals surface area contributed by atoms with Gasteiger partial charge in [-0.15, -0.1) is 0 Å². The highest BCUT2D eigenvalue weighted by molar-refractivity contribution is 5.54. The fraction of sp³-hybridized carbons (Fsp3) is 0.143. The van der Waals surface area contributed by atoms with Crippen LogP contribution in [0.3, 0.4) is 0 Å². The summed E-state index contributed by atoms with van der Waals surface area (Å²) in [6.45, 7) is 0. The van der Waals surface area contributed by atoms with Crippen molar-refractivity contribution >= 4 is 0 Å². The Hall–Kier alpha value is -1.98. The van der Waals surface area contributed by atoms with E-state index in [9.17, 15) is 0 Å². The van der Waals surface area contributed by atoms with Crippen molar-refractivity contribution in [1.29, 1.82) is 0 Å². The molecule has 2 heterocycles. The molecule has 0 radical (unpaired) electrons. The SMILES string of the molecule is COc1ncc(-c2cnon2)cn1. The molecule has 0 amide bonds. The van der Waals surface area contributed by atoms with Gasteiger partial charge in [-0.2, -0.15) is 0 Å². The summed E-state index contributed by atoms with van der Waals surface area (Å²) < 4.78 is 9.24. The lowest BCUT2D eigenvalue weighted by Gasteiger charge is -1.96. The van der Waals surface area contributed by atoms with Gasteiger partial charge in [0, 0.05) is 18.0 Å². The molecular formula is C7H6N4O2. The minimum absolute atomic E-state index is 0.320. The normalized spacial score (nSPS) is 9.92. The molecule has 2 aromatic heterocycles. The molecule has 0 unspecified atom stereocenters. The summed E-state index contributed by atoms with van der Waals surface area (Å²) in [5.41, 5.74) is 1.34. The molecule has 0 fully saturated rings. The summed E-state index contributed by atoms with van der Waals surface area (Å²) >= 11 is 0. The molecule has 0 N–H and O–H groups in total. The zero-order valence-electron chi connectivity index (χ0n) is 6.84. The van der Waals surface area contributed by atoms with Crippen molar-refractivity contribution in [3.63, 3.8) is 0 Å². The predicted molar refractivity (Wildman–Crippen MR) is 41.9 cm³/mol. The molecule has 0 aromatic carbocycles. The number of hydrogen-bond acceptors (Lipinski definition) is 6. The summed E-state index contributed by atoms with van der Waals surface area (Å²) in [4.78, 5) is 7.82. The molecule has 0 aliphatic carbocycles. The molecule has 66 valence electrons. The smallest absolute Gasteiger partial charge is 0.316 e. The van der Waals surface area contributed by atoms with Crippen LogP contribution in [0.15, 0.2) is 23.2 Å². The molecule has 0 spiro atoms. The van der Waals surface area contributed by atoms with E-state index >= 15 is 0 Å². The molecule has 0 aliphatic rings. The predicted octanol–water partition coefficient (Wildman–Crippen LogP) is 0.535. The standard InChI is InChI=1S/C7H6N4O2/c1-12-7-8-2-5(3-9-7)6-4-10-13-11-6/h2-4H,1H3. The van der Waals surface area contributed by atoms with Gasteiger partial charge in [0.1, 0.15) is 5.69 Å². The van der Waals surface area contributed by atoms with E-state index in [0.29, 0.717) is 11.7 Å². The quantitative estimate of drug-likeness (QED) is 0.667. The topological polar surface area (TPSA) is 73.9 Å². The second-order valence-electron chi connectivity index (χ2n) is 2.25. The van der Waals surface area contributed by atoms with Crippen molar-refractivity contribution in [3.8, 4) is 17.3 Å². The van der Waals surface area contributed by atoms with Crippen LogP contribution in [-0.4, -0.2) is 27.4 Å². The second-order valence-corrected chi connectivity index (χ2v) is 2.25. The Kier molecular flexibility index (Phi) is 1.87. The van der Waals surface area contributed by atoms with Crippen molar-refractivity contribution in [1.82, 2.24) is 20.3 Å². The molecule has 0 saturated carbocycles. The number of nitrogens with zero attached hydrogens (tertiary/aromatic N) is 4. The van der Waals surface area contributed by atoms with E-state index in [4.69, 9.17) is 4.74 Å². The van der Waals surface area contributed by atoms with Crippen LogP contribution in [0.5, 0.6) is 6.01 Å². The molecule has 0 aliphatic heterocycles. The highest BCUT2D eigenvalue weighted by atomic mass is 16.6. The highest BCUT2D eigenvalue weighted by Gasteiger charge is 2.03. The number of ether oxygens (including phenoxy) is 1. The van der Waals surface area contributed by atoms with Crippen LogP contribution in [0.4, 0.5) is 0 Å². The van der Waals surface area contributed by atoms with Crippen molar-refractivity contribution in [2.45, 2.75) is 0 Å². The first-order chi connectivity index (χ1) is 6.40. The first-order valence-corrected chi connectivity index (χ1v) is 3.54. The molecule has 6 heteroatoms. The average Bonchev–Trinajstić information content (AvgIpc) is 2.71. The van der Waals surface area contributed by atoms with E-state index in [1.54, 1.807) is 12.4 Å². The van der Waals surface area contributed by atoms with Crippen LogP contribution >= 0.6 is 0 Å². The Labute approximate surface area is 73.5 Å². The monoisotopic (exact) mass is 178 g/mol. The maximum Gasteiger partial charge on any atom is 0.316 e. The first kappa shape index (κ1) is 7.66. The number of aromatic nitrogens is 4. The first-order valence-electron chi connectivity index (χ1n) is 3.54. The minimum Gasteiger partial charge on any atom is -0.467 e. The van der Waals surface area contributed by atoms with Gasteiger partial charge < -0.3 is 4.74 Å². The van der Waals surface area contributed by atoms with Gasteiger partial charge in [0.05, 0.1) is 13.3 Å². The Morgan fingerprint density at radius 3 is 2.54 bits per heavy atom. The van der Waals surface area contributed by atoms with E-state index in [-0.39, 0.29) is 0 Å². The molecular weight excluding hydrogens is 172 g/mol. The van der Waals surface area contributed by atoms with Gasteiger partial charge in [-0.25, -0.2) is 14.6 Å². The number of methoxy groups -OCH3 is 1. The van der Waals surface area contributed by atoms with Crippen LogP contribution < -0.4 is 4.74 Å². The van der Waals surface area contributed by atoms with Crippen molar-refractivity contribution in [3.05, 3.63) is 18.6 Å². The van der Waals surface area contributed by atoms with Gasteiger partial charge in [-0.3, -0.25) is 0 Å². The fourth-order valence-corrected chi connectivity index (χ4v) is 0.846. The zero-order valence-corrected chi connectivity index (χ0v) is 6.84. The highest BCUT2D eigenvalue weighted by Crippen LogP contribution is 2.14. The molecule has 2 aromatic rings. The zero-order chi connectivity index (χ0) is 9.10. The van der Waals surface area contributed by atoms with Gasteiger partial charge >= 0.3 is 6.01 Å². The molecule has 0 atom stereocenters. The van der Waals surface area contributed by atoms with Gasteiger partial charge in [0.25, 0.3) is 0 Å². The van der Waals surface area contributed by atoms with Gasteiger partial charge in [-0.1, -0.05) is 5.16 Å². The summed E-state index contributed by atoms with van der Waals surface area (Å²) in [7, 11) is 1.51. The van der Waals surface area contributed by atoms with Crippen molar-refractivity contribution in [2.24, 2.45) is 0 Å². The third-order valence-corrected chi connectivity index (χ3v) is 1.47. The van der Waals surface area contributed by atoms with Gasteiger partial charge in [0.2, 0.25) is 0 Å². The van der Waals surface area contributed by atoms with Crippen molar-refractivity contribution in [2.75, 3.05) is 7.11 Å². The van der Waals surface area contributed by atoms with Crippen LogP contribution in [0.2, 0.25) is 0 Å². The summed E-state index contributed by atoms with van der Waals surface area (Å²) in [6.07, 6.45) is 4.67. The molecule has 0 saturated heterocycles. The Bertz CT molecular complexity index is 370. The third-order valence-electron chi connectivity index (χ3n) is 1.47. The minimum atomic E-state index is 0.320. The molecule has 6 nitrogen and oxygen atoms in total. The maximum atomic E-state index is 4.80. The van der Waals surface area contributed by atoms with Crippen LogP contribution in [0, 0.1) is 0 Å². The summed E-state index contributed by atoms with van der Waals surface area (Å²) in [5.74, 6) is 0. The largest absolute Gasteiger partial charge is 0.467 e. The average molecular weight is 178 g/mol. The van der Waals surface area contributed by atoms with Crippen LogP contribution in [-0.2, 0) is 0 Å². The Balaban J connectivity index is 2.33. The maximum absolute atomic E-state index is 4.80. The molecule has 13 heavy (non-hydrogen) atoms. The van der Waals surface area contributed by atoms with E-state index in [2.05, 4.69) is 24.9 Å². The van der Waals surface area contributed by atoms with Gasteiger partial charge in [-0.05, 0) is 5.16 Å². The lowest BCUT2D eigenvalue weighted by molar-refractivity contribution is 0.308. The van der Waals surface area contributed by atoms with Gasteiger partial charge in [0.15, 0.2) is 0 Å². The number of rotatable bonds is 2. The van der Waals surface area contributed by atoms with E-state index in [1.165, 1.54) is 13.3 Å². The summed E-state index contributed by atoms with van der Waals surface area (Å²) in [5, 5.41) is 7.10. The fourth-order valence-electron chi connectivity index (χ4n) is 0.846. The third kappa shape index (κ3) is 1.46. The summed E-state index contributed by atoms with van der Waals surface area (Å²) in [6, 6.07) is 0.320. The molecule has 2 rings (SSSR count). The Morgan fingerprint density at radius 2 is 2.00 bits per heavy atom. The lowest BCUT2D eigenvalue weighted by atomic mass is 10.3. The second kappa shape index (κ2) is 3.18. The number of hydrogen-bond donors (Lipinski definition) is 0. The van der Waals surface area contributed by atoms with Crippen molar-refractivity contribution < 1.29 is 9.37 Å². The van der Waals surface area contributed by atoms with E-state index in [0.717, 1.165) is 5.56 Å².